The molecule has 76 valence electrons. The first kappa shape index (κ1) is 10.7. The molecule has 0 aromatic heterocycles. The molecule has 3 heteroatoms. The minimum atomic E-state index is -0.00119. The molecule has 0 aliphatic rings. The van der Waals surface area contributed by atoms with Crippen molar-refractivity contribution in [3.05, 3.63) is 35.9 Å². The molecule has 1 aromatic carbocycles. The quantitative estimate of drug-likeness (QED) is 0.551. The van der Waals surface area contributed by atoms with Crippen LogP contribution in [0.2, 0.25) is 0 Å². The SMILES string of the molecule is CC(COCc1ccccc1)C(=N)N. The summed E-state index contributed by atoms with van der Waals surface area (Å²) in [5, 5.41) is 7.18. The minimum Gasteiger partial charge on any atom is -0.387 e. The van der Waals surface area contributed by atoms with Crippen LogP contribution in [0.1, 0.15) is 12.5 Å². The van der Waals surface area contributed by atoms with Crippen LogP contribution < -0.4 is 5.73 Å². The molecule has 0 radical (unpaired) electrons. The normalized spacial score (nSPS) is 12.4. The van der Waals surface area contributed by atoms with Gasteiger partial charge in [0.1, 0.15) is 0 Å². The lowest BCUT2D eigenvalue weighted by atomic mass is 10.2. The predicted molar refractivity (Wildman–Crippen MR) is 57.2 cm³/mol. The number of nitrogens with one attached hydrogen (secondary N) is 1. The lowest BCUT2D eigenvalue weighted by Gasteiger charge is -2.09. The van der Waals surface area contributed by atoms with Crippen LogP contribution in [0.15, 0.2) is 30.3 Å². The van der Waals surface area contributed by atoms with Gasteiger partial charge in [0.2, 0.25) is 0 Å². The molecular formula is C11H16N2O. The molecule has 0 amide bonds. The Morgan fingerprint density at radius 2 is 2.07 bits per heavy atom. The van der Waals surface area contributed by atoms with Crippen molar-refractivity contribution >= 4 is 5.84 Å². The van der Waals surface area contributed by atoms with Crippen LogP contribution in [-0.2, 0) is 11.3 Å². The number of hydrogen-bond acceptors (Lipinski definition) is 2. The third-order valence-electron chi connectivity index (χ3n) is 2.01. The van der Waals surface area contributed by atoms with Gasteiger partial charge in [0.05, 0.1) is 19.0 Å². The van der Waals surface area contributed by atoms with E-state index in [0.29, 0.717) is 13.2 Å². The van der Waals surface area contributed by atoms with Crippen molar-refractivity contribution in [3.8, 4) is 0 Å². The van der Waals surface area contributed by atoms with Gasteiger partial charge in [-0.15, -0.1) is 0 Å². The standard InChI is InChI=1S/C11H16N2O/c1-9(11(12)13)7-14-8-10-5-3-2-4-6-10/h2-6,9H,7-8H2,1H3,(H3,12,13). The fraction of sp³-hybridized carbons (Fsp3) is 0.364. The Morgan fingerprint density at radius 1 is 1.43 bits per heavy atom. The highest BCUT2D eigenvalue weighted by Gasteiger charge is 2.04. The van der Waals surface area contributed by atoms with Crippen LogP contribution >= 0.6 is 0 Å². The second kappa shape index (κ2) is 5.40. The number of ether oxygens (including phenoxy) is 1. The first-order valence-electron chi connectivity index (χ1n) is 4.65. The van der Waals surface area contributed by atoms with Gasteiger partial charge < -0.3 is 10.5 Å². The van der Waals surface area contributed by atoms with Crippen molar-refractivity contribution in [2.75, 3.05) is 6.61 Å². The summed E-state index contributed by atoms with van der Waals surface area (Å²) in [4.78, 5) is 0. The lowest BCUT2D eigenvalue weighted by Crippen LogP contribution is -2.23. The van der Waals surface area contributed by atoms with Crippen LogP contribution in [0.3, 0.4) is 0 Å². The van der Waals surface area contributed by atoms with Crippen LogP contribution in [0.4, 0.5) is 0 Å². The van der Waals surface area contributed by atoms with E-state index in [4.69, 9.17) is 15.9 Å². The van der Waals surface area contributed by atoms with Crippen molar-refractivity contribution in [1.29, 1.82) is 5.41 Å². The summed E-state index contributed by atoms with van der Waals surface area (Å²) < 4.78 is 5.42. The first-order chi connectivity index (χ1) is 6.70. The molecule has 0 aliphatic heterocycles. The average Bonchev–Trinajstić information content (AvgIpc) is 2.19. The second-order valence-corrected chi connectivity index (χ2v) is 3.36. The predicted octanol–water partition coefficient (Wildman–Crippen LogP) is 1.78. The van der Waals surface area contributed by atoms with Gasteiger partial charge >= 0.3 is 0 Å². The van der Waals surface area contributed by atoms with E-state index >= 15 is 0 Å². The third kappa shape index (κ3) is 3.58. The highest BCUT2D eigenvalue weighted by Crippen LogP contribution is 2.02. The molecule has 3 N–H and O–H groups in total. The summed E-state index contributed by atoms with van der Waals surface area (Å²) in [7, 11) is 0. The Hall–Kier alpha value is -1.35. The molecule has 1 aromatic rings. The van der Waals surface area contributed by atoms with E-state index in [9.17, 15) is 0 Å². The molecule has 0 bridgehead atoms. The largest absolute Gasteiger partial charge is 0.387 e. The van der Waals surface area contributed by atoms with Crippen LogP contribution in [0.5, 0.6) is 0 Å². The van der Waals surface area contributed by atoms with E-state index in [0.717, 1.165) is 5.56 Å². The van der Waals surface area contributed by atoms with Gasteiger partial charge in [-0.25, -0.2) is 0 Å². The van der Waals surface area contributed by atoms with Gasteiger partial charge in [0, 0.05) is 5.92 Å². The minimum absolute atomic E-state index is 0.00119. The van der Waals surface area contributed by atoms with E-state index in [1.54, 1.807) is 0 Å². The zero-order valence-electron chi connectivity index (χ0n) is 8.36. The van der Waals surface area contributed by atoms with Crippen molar-refractivity contribution in [1.82, 2.24) is 0 Å². The summed E-state index contributed by atoms with van der Waals surface area (Å²) in [6.45, 7) is 2.97. The Morgan fingerprint density at radius 3 is 2.64 bits per heavy atom. The highest BCUT2D eigenvalue weighted by atomic mass is 16.5. The highest BCUT2D eigenvalue weighted by molar-refractivity contribution is 5.79. The van der Waals surface area contributed by atoms with E-state index in [1.165, 1.54) is 0 Å². The smallest absolute Gasteiger partial charge is 0.0957 e. The van der Waals surface area contributed by atoms with Crippen molar-refractivity contribution in [2.45, 2.75) is 13.5 Å². The zero-order chi connectivity index (χ0) is 10.4. The number of nitrogens with two attached hydrogens (primary N) is 1. The summed E-state index contributed by atoms with van der Waals surface area (Å²) >= 11 is 0. The average molecular weight is 192 g/mol. The maximum absolute atomic E-state index is 7.18. The van der Waals surface area contributed by atoms with Crippen LogP contribution in [-0.4, -0.2) is 12.4 Å². The van der Waals surface area contributed by atoms with Crippen molar-refractivity contribution < 1.29 is 4.74 Å². The zero-order valence-corrected chi connectivity index (χ0v) is 8.36. The number of hydrogen-bond donors (Lipinski definition) is 2. The topological polar surface area (TPSA) is 59.1 Å². The Bertz CT molecular complexity index is 285. The molecule has 3 nitrogen and oxygen atoms in total. The van der Waals surface area contributed by atoms with E-state index in [2.05, 4.69) is 0 Å². The van der Waals surface area contributed by atoms with Crippen LogP contribution in [0.25, 0.3) is 0 Å². The van der Waals surface area contributed by atoms with Gasteiger partial charge in [-0.05, 0) is 5.56 Å². The Balaban J connectivity index is 2.26. The maximum atomic E-state index is 7.18. The summed E-state index contributed by atoms with van der Waals surface area (Å²) in [5.74, 6) is 0.178. The Labute approximate surface area is 84.4 Å². The second-order valence-electron chi connectivity index (χ2n) is 3.36. The third-order valence-corrected chi connectivity index (χ3v) is 2.01. The molecule has 1 rings (SSSR count). The number of rotatable bonds is 5. The van der Waals surface area contributed by atoms with Gasteiger partial charge in [0.25, 0.3) is 0 Å². The fourth-order valence-electron chi connectivity index (χ4n) is 1.02. The van der Waals surface area contributed by atoms with E-state index < -0.39 is 0 Å². The lowest BCUT2D eigenvalue weighted by molar-refractivity contribution is 0.107. The first-order valence-corrected chi connectivity index (χ1v) is 4.65. The van der Waals surface area contributed by atoms with Gasteiger partial charge in [-0.3, -0.25) is 5.41 Å². The summed E-state index contributed by atoms with van der Waals surface area (Å²) in [6.07, 6.45) is 0. The monoisotopic (exact) mass is 192 g/mol. The van der Waals surface area contributed by atoms with Gasteiger partial charge in [0.15, 0.2) is 0 Å². The Kier molecular flexibility index (Phi) is 4.13. The van der Waals surface area contributed by atoms with Crippen molar-refractivity contribution in [3.63, 3.8) is 0 Å². The molecule has 0 fully saturated rings. The van der Waals surface area contributed by atoms with Crippen molar-refractivity contribution in [2.24, 2.45) is 11.7 Å². The fourth-order valence-corrected chi connectivity index (χ4v) is 1.02. The van der Waals surface area contributed by atoms with Gasteiger partial charge in [-0.2, -0.15) is 0 Å². The molecular weight excluding hydrogens is 176 g/mol. The maximum Gasteiger partial charge on any atom is 0.0957 e. The summed E-state index contributed by atoms with van der Waals surface area (Å²) in [6, 6.07) is 9.96. The molecule has 0 saturated carbocycles. The molecule has 0 saturated heterocycles. The van der Waals surface area contributed by atoms with E-state index in [1.807, 2.05) is 37.3 Å². The number of amidine groups is 1. The molecule has 14 heavy (non-hydrogen) atoms. The summed E-state index contributed by atoms with van der Waals surface area (Å²) in [5.41, 5.74) is 6.46. The molecule has 0 heterocycles. The van der Waals surface area contributed by atoms with E-state index in [-0.39, 0.29) is 11.8 Å². The molecule has 0 aliphatic carbocycles. The molecule has 1 unspecified atom stereocenters. The van der Waals surface area contributed by atoms with Crippen LogP contribution in [0, 0.1) is 11.3 Å². The molecule has 0 spiro atoms. The van der Waals surface area contributed by atoms with Gasteiger partial charge in [-0.1, -0.05) is 37.3 Å². The molecule has 1 atom stereocenters. The number of benzene rings is 1.